The van der Waals surface area contributed by atoms with E-state index in [4.69, 9.17) is 23.2 Å². The number of carbonyl (C=O) groups is 2. The van der Waals surface area contributed by atoms with Crippen LogP contribution in [0.1, 0.15) is 24.2 Å². The highest BCUT2D eigenvalue weighted by molar-refractivity contribution is 6.36. The number of benzene rings is 2. The molecule has 0 aromatic heterocycles. The molecule has 5 nitrogen and oxygen atoms in total. The number of amides is 2. The normalized spacial score (nSPS) is 10.4. The number of halogens is 2. The fourth-order valence-corrected chi connectivity index (χ4v) is 2.51. The Morgan fingerprint density at radius 3 is 2.32 bits per heavy atom. The molecule has 0 heterocycles. The third kappa shape index (κ3) is 5.96. The van der Waals surface area contributed by atoms with Crippen molar-refractivity contribution in [1.82, 2.24) is 5.32 Å². The average Bonchev–Trinajstić information content (AvgIpc) is 2.55. The summed E-state index contributed by atoms with van der Waals surface area (Å²) in [6.07, 6.45) is 0. The summed E-state index contributed by atoms with van der Waals surface area (Å²) in [6, 6.07) is 11.8. The maximum absolute atomic E-state index is 12.0. The van der Waals surface area contributed by atoms with Crippen molar-refractivity contribution in [2.75, 3.05) is 17.2 Å². The van der Waals surface area contributed by atoms with E-state index in [2.05, 4.69) is 16.0 Å². The van der Waals surface area contributed by atoms with Crippen LogP contribution in [0.5, 0.6) is 0 Å². The molecular weight excluding hydrogens is 361 g/mol. The summed E-state index contributed by atoms with van der Waals surface area (Å²) in [4.78, 5) is 23.9. The molecule has 0 spiro atoms. The van der Waals surface area contributed by atoms with E-state index in [0.29, 0.717) is 21.3 Å². The average molecular weight is 380 g/mol. The Bertz CT molecular complexity index is 761. The first-order valence-corrected chi connectivity index (χ1v) is 8.50. The number of anilines is 2. The Labute approximate surface area is 156 Å². The van der Waals surface area contributed by atoms with Crippen molar-refractivity contribution in [2.24, 2.45) is 0 Å². The third-order valence-electron chi connectivity index (χ3n) is 3.23. The fraction of sp³-hybridized carbons (Fsp3) is 0.222. The Kier molecular flexibility index (Phi) is 6.67. The molecule has 0 bridgehead atoms. The minimum Gasteiger partial charge on any atom is -0.376 e. The molecule has 25 heavy (non-hydrogen) atoms. The molecule has 132 valence electrons. The summed E-state index contributed by atoms with van der Waals surface area (Å²) in [5.41, 5.74) is 1.80. The van der Waals surface area contributed by atoms with Gasteiger partial charge in [0.15, 0.2) is 0 Å². The van der Waals surface area contributed by atoms with Crippen LogP contribution in [0.15, 0.2) is 42.5 Å². The summed E-state index contributed by atoms with van der Waals surface area (Å²) in [5.74, 6) is -0.373. The summed E-state index contributed by atoms with van der Waals surface area (Å²) in [5, 5.41) is 9.39. The van der Waals surface area contributed by atoms with Crippen LogP contribution in [-0.2, 0) is 4.79 Å². The Morgan fingerprint density at radius 2 is 1.72 bits per heavy atom. The largest absolute Gasteiger partial charge is 0.376 e. The molecule has 0 fully saturated rings. The molecule has 0 atom stereocenters. The SMILES string of the molecule is CC(C)NC(=O)c1ccc(NCC(=O)Nc2ccc(Cl)cc2Cl)cc1. The standard InChI is InChI=1S/C18H19Cl2N3O2/c1-11(2)22-18(25)12-3-6-14(7-4-12)21-10-17(24)23-16-8-5-13(19)9-15(16)20/h3-9,11,21H,10H2,1-2H3,(H,22,25)(H,23,24). The van der Waals surface area contributed by atoms with Crippen molar-refractivity contribution in [2.45, 2.75) is 19.9 Å². The number of rotatable bonds is 6. The molecule has 2 rings (SSSR count). The van der Waals surface area contributed by atoms with Gasteiger partial charge in [-0.2, -0.15) is 0 Å². The molecule has 0 radical (unpaired) electrons. The molecular formula is C18H19Cl2N3O2. The van der Waals surface area contributed by atoms with Gasteiger partial charge in [-0.3, -0.25) is 9.59 Å². The summed E-state index contributed by atoms with van der Waals surface area (Å²) < 4.78 is 0. The van der Waals surface area contributed by atoms with Crippen molar-refractivity contribution in [3.05, 3.63) is 58.1 Å². The molecule has 0 aliphatic carbocycles. The van der Waals surface area contributed by atoms with E-state index in [-0.39, 0.29) is 24.4 Å². The van der Waals surface area contributed by atoms with Crippen LogP contribution in [0.4, 0.5) is 11.4 Å². The first kappa shape index (κ1) is 19.1. The fourth-order valence-electron chi connectivity index (χ4n) is 2.05. The van der Waals surface area contributed by atoms with Gasteiger partial charge in [0.25, 0.3) is 5.91 Å². The Hall–Kier alpha value is -2.24. The van der Waals surface area contributed by atoms with Crippen molar-refractivity contribution in [3.63, 3.8) is 0 Å². The number of nitrogens with one attached hydrogen (secondary N) is 3. The second-order valence-corrected chi connectivity index (χ2v) is 6.58. The maximum Gasteiger partial charge on any atom is 0.251 e. The lowest BCUT2D eigenvalue weighted by Gasteiger charge is -2.11. The van der Waals surface area contributed by atoms with Gasteiger partial charge in [-0.25, -0.2) is 0 Å². The smallest absolute Gasteiger partial charge is 0.251 e. The lowest BCUT2D eigenvalue weighted by atomic mass is 10.2. The quantitative estimate of drug-likeness (QED) is 0.704. The zero-order valence-electron chi connectivity index (χ0n) is 13.9. The van der Waals surface area contributed by atoms with E-state index in [1.807, 2.05) is 13.8 Å². The zero-order valence-corrected chi connectivity index (χ0v) is 15.4. The molecule has 2 aromatic carbocycles. The van der Waals surface area contributed by atoms with Gasteiger partial charge in [-0.05, 0) is 56.3 Å². The lowest BCUT2D eigenvalue weighted by Crippen LogP contribution is -2.30. The summed E-state index contributed by atoms with van der Waals surface area (Å²) in [6.45, 7) is 3.87. The Balaban J connectivity index is 1.88. The van der Waals surface area contributed by atoms with E-state index >= 15 is 0 Å². The maximum atomic E-state index is 12.0. The van der Waals surface area contributed by atoms with Gasteiger partial charge in [0.1, 0.15) is 0 Å². The number of hydrogen-bond donors (Lipinski definition) is 3. The minimum atomic E-state index is -0.245. The molecule has 0 aliphatic heterocycles. The second kappa shape index (κ2) is 8.74. The van der Waals surface area contributed by atoms with Gasteiger partial charge in [-0.15, -0.1) is 0 Å². The molecule has 0 saturated heterocycles. The van der Waals surface area contributed by atoms with Gasteiger partial charge in [0.2, 0.25) is 5.91 Å². The van der Waals surface area contributed by atoms with E-state index in [0.717, 1.165) is 5.69 Å². The summed E-state index contributed by atoms with van der Waals surface area (Å²) in [7, 11) is 0. The monoisotopic (exact) mass is 379 g/mol. The van der Waals surface area contributed by atoms with E-state index < -0.39 is 0 Å². The van der Waals surface area contributed by atoms with Gasteiger partial charge in [0, 0.05) is 22.3 Å². The van der Waals surface area contributed by atoms with Crippen LogP contribution in [0.3, 0.4) is 0 Å². The van der Waals surface area contributed by atoms with Crippen molar-refractivity contribution >= 4 is 46.4 Å². The van der Waals surface area contributed by atoms with E-state index in [1.54, 1.807) is 42.5 Å². The van der Waals surface area contributed by atoms with Gasteiger partial charge < -0.3 is 16.0 Å². The lowest BCUT2D eigenvalue weighted by molar-refractivity contribution is -0.114. The van der Waals surface area contributed by atoms with Gasteiger partial charge >= 0.3 is 0 Å². The minimum absolute atomic E-state index is 0.0660. The van der Waals surface area contributed by atoms with E-state index in [9.17, 15) is 9.59 Å². The third-order valence-corrected chi connectivity index (χ3v) is 3.77. The van der Waals surface area contributed by atoms with Crippen molar-refractivity contribution in [3.8, 4) is 0 Å². The predicted octanol–water partition coefficient (Wildman–Crippen LogP) is 4.18. The second-order valence-electron chi connectivity index (χ2n) is 5.73. The van der Waals surface area contributed by atoms with E-state index in [1.165, 1.54) is 0 Å². The first-order valence-electron chi connectivity index (χ1n) is 7.75. The van der Waals surface area contributed by atoms with Gasteiger partial charge in [0.05, 0.1) is 17.3 Å². The number of hydrogen-bond acceptors (Lipinski definition) is 3. The highest BCUT2D eigenvalue weighted by atomic mass is 35.5. The molecule has 7 heteroatoms. The number of carbonyl (C=O) groups excluding carboxylic acids is 2. The molecule has 2 aromatic rings. The molecule has 0 aliphatic rings. The van der Waals surface area contributed by atoms with Crippen molar-refractivity contribution in [1.29, 1.82) is 0 Å². The Morgan fingerprint density at radius 1 is 1.04 bits per heavy atom. The highest BCUT2D eigenvalue weighted by Gasteiger charge is 2.08. The topological polar surface area (TPSA) is 70.2 Å². The molecule has 3 N–H and O–H groups in total. The van der Waals surface area contributed by atoms with Crippen molar-refractivity contribution < 1.29 is 9.59 Å². The van der Waals surface area contributed by atoms with Crippen LogP contribution < -0.4 is 16.0 Å². The highest BCUT2D eigenvalue weighted by Crippen LogP contribution is 2.25. The molecule has 2 amide bonds. The predicted molar refractivity (Wildman–Crippen MR) is 103 cm³/mol. The first-order chi connectivity index (χ1) is 11.8. The van der Waals surface area contributed by atoms with Crippen LogP contribution in [-0.4, -0.2) is 24.4 Å². The van der Waals surface area contributed by atoms with Crippen LogP contribution in [0, 0.1) is 0 Å². The summed E-state index contributed by atoms with van der Waals surface area (Å²) >= 11 is 11.8. The zero-order chi connectivity index (χ0) is 18.4. The van der Waals surface area contributed by atoms with Gasteiger partial charge in [-0.1, -0.05) is 23.2 Å². The molecule has 0 unspecified atom stereocenters. The van der Waals surface area contributed by atoms with Crippen LogP contribution >= 0.6 is 23.2 Å². The molecule has 0 saturated carbocycles. The van der Waals surface area contributed by atoms with Crippen LogP contribution in [0.2, 0.25) is 10.0 Å². The van der Waals surface area contributed by atoms with Crippen LogP contribution in [0.25, 0.3) is 0 Å².